The number of pyridine rings is 1. The van der Waals surface area contributed by atoms with Crippen molar-refractivity contribution in [2.24, 2.45) is 0 Å². The molecule has 1 aromatic heterocycles. The lowest BCUT2D eigenvalue weighted by atomic mass is 9.94. The van der Waals surface area contributed by atoms with Gasteiger partial charge in [-0.3, -0.25) is 4.98 Å². The van der Waals surface area contributed by atoms with Gasteiger partial charge in [-0.2, -0.15) is 0 Å². The molecule has 1 atom stereocenters. The lowest BCUT2D eigenvalue weighted by Gasteiger charge is -2.24. The lowest BCUT2D eigenvalue weighted by molar-refractivity contribution is -0.0333. The van der Waals surface area contributed by atoms with Gasteiger partial charge in [0.2, 0.25) is 0 Å². The van der Waals surface area contributed by atoms with Crippen LogP contribution in [-0.4, -0.2) is 23.3 Å². The molecule has 4 heteroatoms. The Kier molecular flexibility index (Phi) is 3.85. The number of fused-ring (bicyclic) bond motifs is 1. The third-order valence-corrected chi connectivity index (χ3v) is 3.11. The largest absolute Gasteiger partial charge is 0.383 e. The van der Waals surface area contributed by atoms with Crippen molar-refractivity contribution >= 4 is 22.5 Å². The Morgan fingerprint density at radius 3 is 2.89 bits per heavy atom. The summed E-state index contributed by atoms with van der Waals surface area (Å²) in [6, 6.07) is 7.26. The first-order valence-electron chi connectivity index (χ1n) is 5.89. The minimum Gasteiger partial charge on any atom is -0.383 e. The molecule has 1 heterocycles. The highest BCUT2D eigenvalue weighted by Crippen LogP contribution is 2.29. The number of ether oxygens (including phenoxy) is 1. The number of benzene rings is 1. The van der Waals surface area contributed by atoms with E-state index in [9.17, 15) is 5.11 Å². The van der Waals surface area contributed by atoms with Crippen LogP contribution in [0.3, 0.4) is 0 Å². The molecule has 96 valence electrons. The van der Waals surface area contributed by atoms with Crippen LogP contribution in [0.1, 0.15) is 19.4 Å². The van der Waals surface area contributed by atoms with Crippen LogP contribution in [0, 0.1) is 0 Å². The standard InChI is InChI=1S/C14H16ClNO2/c1-3-18-9-14(2,17)12-6-7-16-13-5-4-10(15)8-11(12)13/h4-8,17H,3,9H2,1-2H3. The van der Waals surface area contributed by atoms with Gasteiger partial charge in [-0.25, -0.2) is 0 Å². The fourth-order valence-corrected chi connectivity index (χ4v) is 2.14. The van der Waals surface area contributed by atoms with Gasteiger partial charge in [0.1, 0.15) is 5.60 Å². The molecule has 18 heavy (non-hydrogen) atoms. The normalized spacial score (nSPS) is 14.7. The molecule has 0 aliphatic heterocycles. The second-order valence-electron chi connectivity index (χ2n) is 4.43. The molecule has 0 aliphatic carbocycles. The Morgan fingerprint density at radius 2 is 2.17 bits per heavy atom. The highest BCUT2D eigenvalue weighted by Gasteiger charge is 2.25. The predicted molar refractivity (Wildman–Crippen MR) is 72.8 cm³/mol. The summed E-state index contributed by atoms with van der Waals surface area (Å²) >= 11 is 6.00. The predicted octanol–water partition coefficient (Wildman–Crippen LogP) is 3.13. The van der Waals surface area contributed by atoms with E-state index in [0.717, 1.165) is 16.5 Å². The summed E-state index contributed by atoms with van der Waals surface area (Å²) in [4.78, 5) is 4.27. The molecule has 0 aliphatic rings. The van der Waals surface area contributed by atoms with E-state index in [0.29, 0.717) is 11.6 Å². The summed E-state index contributed by atoms with van der Waals surface area (Å²) in [6.07, 6.45) is 1.69. The minimum atomic E-state index is -1.05. The maximum absolute atomic E-state index is 10.5. The Hall–Kier alpha value is -1.16. The maximum atomic E-state index is 10.5. The molecule has 1 unspecified atom stereocenters. The average molecular weight is 266 g/mol. The molecule has 2 rings (SSSR count). The van der Waals surface area contributed by atoms with Gasteiger partial charge < -0.3 is 9.84 Å². The Labute approximate surface area is 111 Å². The van der Waals surface area contributed by atoms with Gasteiger partial charge in [0.05, 0.1) is 12.1 Å². The van der Waals surface area contributed by atoms with Crippen molar-refractivity contribution in [2.75, 3.05) is 13.2 Å². The number of hydrogen-bond donors (Lipinski definition) is 1. The average Bonchev–Trinajstić information content (AvgIpc) is 2.35. The Balaban J connectivity index is 2.52. The van der Waals surface area contributed by atoms with Gasteiger partial charge in [-0.1, -0.05) is 11.6 Å². The van der Waals surface area contributed by atoms with E-state index < -0.39 is 5.60 Å². The van der Waals surface area contributed by atoms with Crippen LogP contribution in [0.15, 0.2) is 30.5 Å². The molecule has 0 bridgehead atoms. The van der Waals surface area contributed by atoms with Crippen molar-refractivity contribution in [1.29, 1.82) is 0 Å². The summed E-state index contributed by atoms with van der Waals surface area (Å²) in [5.41, 5.74) is 0.541. The van der Waals surface area contributed by atoms with Crippen molar-refractivity contribution in [3.05, 3.63) is 41.0 Å². The van der Waals surface area contributed by atoms with Crippen LogP contribution in [0.25, 0.3) is 10.9 Å². The van der Waals surface area contributed by atoms with Gasteiger partial charge in [0.25, 0.3) is 0 Å². The van der Waals surface area contributed by atoms with Crippen molar-refractivity contribution in [2.45, 2.75) is 19.4 Å². The van der Waals surface area contributed by atoms with Gasteiger partial charge in [-0.05, 0) is 43.7 Å². The van der Waals surface area contributed by atoms with Crippen LogP contribution < -0.4 is 0 Å². The molecule has 0 fully saturated rings. The van der Waals surface area contributed by atoms with Gasteiger partial charge in [-0.15, -0.1) is 0 Å². The quantitative estimate of drug-likeness (QED) is 0.924. The summed E-state index contributed by atoms with van der Waals surface area (Å²) in [5.74, 6) is 0. The van der Waals surface area contributed by atoms with Crippen LogP contribution in [0.5, 0.6) is 0 Å². The maximum Gasteiger partial charge on any atom is 0.111 e. The van der Waals surface area contributed by atoms with E-state index in [1.54, 1.807) is 25.3 Å². The first-order valence-corrected chi connectivity index (χ1v) is 6.27. The molecule has 0 spiro atoms. The molecule has 0 amide bonds. The zero-order valence-electron chi connectivity index (χ0n) is 10.5. The summed E-state index contributed by atoms with van der Waals surface area (Å²) in [6.45, 7) is 4.45. The zero-order chi connectivity index (χ0) is 13.2. The van der Waals surface area contributed by atoms with Crippen molar-refractivity contribution in [3.63, 3.8) is 0 Å². The summed E-state index contributed by atoms with van der Waals surface area (Å²) < 4.78 is 5.33. The van der Waals surface area contributed by atoms with E-state index in [1.807, 2.05) is 19.1 Å². The van der Waals surface area contributed by atoms with E-state index in [4.69, 9.17) is 16.3 Å². The first kappa shape index (κ1) is 13.3. The Morgan fingerprint density at radius 1 is 1.39 bits per heavy atom. The number of hydrogen-bond acceptors (Lipinski definition) is 3. The third-order valence-electron chi connectivity index (χ3n) is 2.87. The number of halogens is 1. The summed E-state index contributed by atoms with van der Waals surface area (Å²) in [5, 5.41) is 12.0. The highest BCUT2D eigenvalue weighted by atomic mass is 35.5. The van der Waals surface area contributed by atoms with E-state index >= 15 is 0 Å². The van der Waals surface area contributed by atoms with Crippen LogP contribution >= 0.6 is 11.6 Å². The molecule has 0 saturated heterocycles. The molecule has 0 radical (unpaired) electrons. The van der Waals surface area contributed by atoms with Gasteiger partial charge >= 0.3 is 0 Å². The minimum absolute atomic E-state index is 0.245. The van der Waals surface area contributed by atoms with Crippen LogP contribution in [0.2, 0.25) is 5.02 Å². The zero-order valence-corrected chi connectivity index (χ0v) is 11.2. The second kappa shape index (κ2) is 5.22. The van der Waals surface area contributed by atoms with Crippen LogP contribution in [0.4, 0.5) is 0 Å². The summed E-state index contributed by atoms with van der Waals surface area (Å²) in [7, 11) is 0. The number of nitrogens with zero attached hydrogens (tertiary/aromatic N) is 1. The fourth-order valence-electron chi connectivity index (χ4n) is 1.97. The monoisotopic (exact) mass is 265 g/mol. The molecular weight excluding hydrogens is 250 g/mol. The second-order valence-corrected chi connectivity index (χ2v) is 4.87. The molecule has 1 N–H and O–H groups in total. The highest BCUT2D eigenvalue weighted by molar-refractivity contribution is 6.31. The molecule has 2 aromatic rings. The van der Waals surface area contributed by atoms with Crippen molar-refractivity contribution < 1.29 is 9.84 Å². The third kappa shape index (κ3) is 2.64. The fraction of sp³-hybridized carbons (Fsp3) is 0.357. The topological polar surface area (TPSA) is 42.4 Å². The smallest absolute Gasteiger partial charge is 0.111 e. The number of aromatic nitrogens is 1. The van der Waals surface area contributed by atoms with E-state index in [1.165, 1.54) is 0 Å². The Bertz CT molecular complexity index is 554. The lowest BCUT2D eigenvalue weighted by Crippen LogP contribution is -2.28. The van der Waals surface area contributed by atoms with Gasteiger partial charge in [0, 0.05) is 23.2 Å². The molecule has 0 saturated carbocycles. The first-order chi connectivity index (χ1) is 8.54. The molecular formula is C14H16ClNO2. The van der Waals surface area contributed by atoms with E-state index in [2.05, 4.69) is 4.98 Å². The van der Waals surface area contributed by atoms with Gasteiger partial charge in [0.15, 0.2) is 0 Å². The van der Waals surface area contributed by atoms with Crippen molar-refractivity contribution in [3.8, 4) is 0 Å². The van der Waals surface area contributed by atoms with Crippen LogP contribution in [-0.2, 0) is 10.3 Å². The number of rotatable bonds is 4. The van der Waals surface area contributed by atoms with E-state index in [-0.39, 0.29) is 6.61 Å². The molecule has 1 aromatic carbocycles. The number of aliphatic hydroxyl groups is 1. The van der Waals surface area contributed by atoms with Crippen molar-refractivity contribution in [1.82, 2.24) is 4.98 Å². The molecule has 3 nitrogen and oxygen atoms in total. The SMILES string of the molecule is CCOCC(C)(O)c1ccnc2ccc(Cl)cc12.